The second-order valence-electron chi connectivity index (χ2n) is 5.63. The van der Waals surface area contributed by atoms with Crippen LogP contribution in [0.15, 0.2) is 24.4 Å². The summed E-state index contributed by atoms with van der Waals surface area (Å²) in [6, 6.07) is 2.59. The highest BCUT2D eigenvalue weighted by molar-refractivity contribution is 5.96. The maximum atomic E-state index is 13.5. The summed E-state index contributed by atoms with van der Waals surface area (Å²) in [5.41, 5.74) is 2.00. The highest BCUT2D eigenvalue weighted by Crippen LogP contribution is 2.23. The zero-order chi connectivity index (χ0) is 19.3. The average Bonchev–Trinajstić information content (AvgIpc) is 2.59. The molecule has 0 unspecified atom stereocenters. The third-order valence-corrected chi connectivity index (χ3v) is 3.79. The number of halogens is 2. The van der Waals surface area contributed by atoms with Crippen LogP contribution in [0, 0.1) is 25.5 Å². The molecule has 2 rings (SSSR count). The van der Waals surface area contributed by atoms with Gasteiger partial charge in [0, 0.05) is 23.4 Å². The fourth-order valence-corrected chi connectivity index (χ4v) is 2.42. The van der Waals surface area contributed by atoms with Gasteiger partial charge in [-0.15, -0.1) is 0 Å². The first-order chi connectivity index (χ1) is 12.3. The zero-order valence-corrected chi connectivity index (χ0v) is 14.7. The molecule has 0 radical (unpaired) electrons. The van der Waals surface area contributed by atoms with Crippen molar-refractivity contribution in [2.75, 3.05) is 13.7 Å². The van der Waals surface area contributed by atoms with Gasteiger partial charge in [-0.25, -0.2) is 8.78 Å². The van der Waals surface area contributed by atoms with E-state index < -0.39 is 23.4 Å². The van der Waals surface area contributed by atoms with E-state index >= 15 is 0 Å². The molecule has 1 aromatic carbocycles. The van der Waals surface area contributed by atoms with Crippen molar-refractivity contribution >= 4 is 11.8 Å². The van der Waals surface area contributed by atoms with Gasteiger partial charge in [-0.3, -0.25) is 14.6 Å². The van der Waals surface area contributed by atoms with Crippen LogP contribution >= 0.6 is 0 Å². The normalized spacial score (nSPS) is 10.3. The Balaban J connectivity index is 1.90. The van der Waals surface area contributed by atoms with Gasteiger partial charge in [0.2, 0.25) is 5.91 Å². The molecule has 2 aromatic rings. The van der Waals surface area contributed by atoms with Gasteiger partial charge in [0.05, 0.1) is 31.5 Å². The number of hydrogen-bond donors (Lipinski definition) is 2. The molecule has 6 nitrogen and oxygen atoms in total. The largest absolute Gasteiger partial charge is 0.496 e. The van der Waals surface area contributed by atoms with Crippen molar-refractivity contribution < 1.29 is 23.1 Å². The molecule has 0 spiro atoms. The highest BCUT2D eigenvalue weighted by Gasteiger charge is 2.14. The number of amides is 2. The second-order valence-corrected chi connectivity index (χ2v) is 5.63. The maximum Gasteiger partial charge on any atom is 0.254 e. The zero-order valence-electron chi connectivity index (χ0n) is 14.7. The average molecular weight is 363 g/mol. The van der Waals surface area contributed by atoms with Crippen LogP contribution in [-0.4, -0.2) is 30.5 Å². The molecule has 1 aromatic heterocycles. The van der Waals surface area contributed by atoms with Gasteiger partial charge in [0.25, 0.3) is 5.91 Å². The van der Waals surface area contributed by atoms with Gasteiger partial charge in [-0.2, -0.15) is 0 Å². The predicted molar refractivity (Wildman–Crippen MR) is 90.8 cm³/mol. The van der Waals surface area contributed by atoms with Gasteiger partial charge in [-0.05, 0) is 26.0 Å². The van der Waals surface area contributed by atoms with Gasteiger partial charge >= 0.3 is 0 Å². The molecule has 8 heteroatoms. The summed E-state index contributed by atoms with van der Waals surface area (Å²) in [6.45, 7) is 3.50. The van der Waals surface area contributed by atoms with Gasteiger partial charge in [0.15, 0.2) is 0 Å². The van der Waals surface area contributed by atoms with Crippen LogP contribution in [0.5, 0.6) is 5.75 Å². The predicted octanol–water partition coefficient (Wildman–Crippen LogP) is 2.03. The first-order valence-electron chi connectivity index (χ1n) is 7.82. The summed E-state index contributed by atoms with van der Waals surface area (Å²) in [5.74, 6) is -2.35. The Bertz CT molecular complexity index is 841. The Morgan fingerprint density at radius 3 is 2.58 bits per heavy atom. The molecule has 0 saturated carbocycles. The minimum Gasteiger partial charge on any atom is -0.496 e. The van der Waals surface area contributed by atoms with E-state index in [1.807, 2.05) is 13.8 Å². The summed E-state index contributed by atoms with van der Waals surface area (Å²) in [6.07, 6.45) is 1.65. The highest BCUT2D eigenvalue weighted by atomic mass is 19.1. The second kappa shape index (κ2) is 8.37. The summed E-state index contributed by atoms with van der Waals surface area (Å²) in [5, 5.41) is 4.90. The van der Waals surface area contributed by atoms with E-state index in [-0.39, 0.29) is 18.7 Å². The molecule has 2 N–H and O–H groups in total. The molecular weight excluding hydrogens is 344 g/mol. The molecule has 1 heterocycles. The number of rotatable bonds is 6. The number of nitrogens with one attached hydrogen (secondary N) is 2. The summed E-state index contributed by atoms with van der Waals surface area (Å²) >= 11 is 0. The van der Waals surface area contributed by atoms with E-state index in [1.54, 1.807) is 13.3 Å². The number of nitrogens with zero attached hydrogens (tertiary/aromatic N) is 1. The molecule has 0 bridgehead atoms. The van der Waals surface area contributed by atoms with Crippen LogP contribution in [0.1, 0.15) is 27.2 Å². The van der Waals surface area contributed by atoms with E-state index in [4.69, 9.17) is 4.74 Å². The Kier molecular flexibility index (Phi) is 6.21. The van der Waals surface area contributed by atoms with E-state index in [0.29, 0.717) is 17.5 Å². The lowest BCUT2D eigenvalue weighted by Crippen LogP contribution is -2.37. The molecular formula is C18H19F2N3O3. The first-order valence-corrected chi connectivity index (χ1v) is 7.82. The van der Waals surface area contributed by atoms with E-state index in [2.05, 4.69) is 15.6 Å². The molecule has 2 amide bonds. The van der Waals surface area contributed by atoms with Gasteiger partial charge in [0.1, 0.15) is 17.4 Å². The summed E-state index contributed by atoms with van der Waals surface area (Å²) in [4.78, 5) is 28.0. The summed E-state index contributed by atoms with van der Waals surface area (Å²) in [7, 11) is 1.56. The quantitative estimate of drug-likeness (QED) is 0.823. The van der Waals surface area contributed by atoms with Crippen LogP contribution in [0.3, 0.4) is 0 Å². The molecule has 0 fully saturated rings. The minimum absolute atomic E-state index is 0.155. The van der Waals surface area contributed by atoms with Gasteiger partial charge < -0.3 is 15.4 Å². The Morgan fingerprint density at radius 1 is 1.19 bits per heavy atom. The van der Waals surface area contributed by atoms with E-state index in [9.17, 15) is 18.4 Å². The lowest BCUT2D eigenvalue weighted by molar-refractivity contribution is -0.120. The number of ether oxygens (including phenoxy) is 1. The van der Waals surface area contributed by atoms with Crippen LogP contribution in [0.4, 0.5) is 8.78 Å². The summed E-state index contributed by atoms with van der Waals surface area (Å²) < 4.78 is 31.7. The fraction of sp³-hybridized carbons (Fsp3) is 0.278. The fourth-order valence-electron chi connectivity index (χ4n) is 2.42. The molecule has 138 valence electrons. The molecule has 26 heavy (non-hydrogen) atoms. The lowest BCUT2D eigenvalue weighted by atomic mass is 10.1. The topological polar surface area (TPSA) is 80.3 Å². The SMILES string of the molecule is COc1c(C)cnc(CNC(=O)CNC(=O)c2ccc(F)cc2F)c1C. The number of aryl methyl sites for hydroxylation is 1. The molecule has 0 aliphatic rings. The van der Waals surface area contributed by atoms with Crippen molar-refractivity contribution in [3.63, 3.8) is 0 Å². The van der Waals surface area contributed by atoms with Crippen molar-refractivity contribution in [2.24, 2.45) is 0 Å². The standard InChI is InChI=1S/C18H19F2N3O3/c1-10-7-21-15(11(2)17(10)26-3)8-22-16(24)9-23-18(25)13-5-4-12(19)6-14(13)20/h4-7H,8-9H2,1-3H3,(H,22,24)(H,23,25). The van der Waals surface area contributed by atoms with Crippen LogP contribution in [0.2, 0.25) is 0 Å². The Hall–Kier alpha value is -3.03. The number of pyridine rings is 1. The maximum absolute atomic E-state index is 13.5. The van der Waals surface area contributed by atoms with E-state index in [0.717, 1.165) is 23.3 Å². The third kappa shape index (κ3) is 4.53. The smallest absolute Gasteiger partial charge is 0.254 e. The van der Waals surface area contributed by atoms with Crippen molar-refractivity contribution in [3.05, 3.63) is 58.4 Å². The van der Waals surface area contributed by atoms with Crippen LogP contribution in [-0.2, 0) is 11.3 Å². The number of hydrogen-bond acceptors (Lipinski definition) is 4. The van der Waals surface area contributed by atoms with Crippen LogP contribution < -0.4 is 15.4 Å². The van der Waals surface area contributed by atoms with Crippen LogP contribution in [0.25, 0.3) is 0 Å². The Morgan fingerprint density at radius 2 is 1.92 bits per heavy atom. The van der Waals surface area contributed by atoms with Crippen molar-refractivity contribution in [1.82, 2.24) is 15.6 Å². The van der Waals surface area contributed by atoms with Gasteiger partial charge in [-0.1, -0.05) is 0 Å². The molecule has 0 saturated heterocycles. The molecule has 0 aliphatic heterocycles. The van der Waals surface area contributed by atoms with Crippen molar-refractivity contribution in [2.45, 2.75) is 20.4 Å². The number of benzene rings is 1. The minimum atomic E-state index is -0.991. The monoisotopic (exact) mass is 363 g/mol. The number of carbonyl (C=O) groups is 2. The van der Waals surface area contributed by atoms with Crippen molar-refractivity contribution in [1.29, 1.82) is 0 Å². The molecule has 0 atom stereocenters. The van der Waals surface area contributed by atoms with E-state index in [1.165, 1.54) is 0 Å². The first kappa shape index (κ1) is 19.3. The number of aromatic nitrogens is 1. The molecule has 0 aliphatic carbocycles. The Labute approximate surface area is 149 Å². The van der Waals surface area contributed by atoms with Crippen molar-refractivity contribution in [3.8, 4) is 5.75 Å². The number of carbonyl (C=O) groups excluding carboxylic acids is 2. The third-order valence-electron chi connectivity index (χ3n) is 3.79. The number of methoxy groups -OCH3 is 1. The lowest BCUT2D eigenvalue weighted by Gasteiger charge is -2.13.